The third-order valence-corrected chi connectivity index (χ3v) is 6.44. The number of likely N-dealkylation sites (tertiary alicyclic amines) is 2. The van der Waals surface area contributed by atoms with Crippen LogP contribution in [0.5, 0.6) is 0 Å². The number of rotatable bonds is 3. The van der Waals surface area contributed by atoms with Crippen molar-refractivity contribution in [2.24, 2.45) is 0 Å². The van der Waals surface area contributed by atoms with Crippen molar-refractivity contribution >= 4 is 11.6 Å². The summed E-state index contributed by atoms with van der Waals surface area (Å²) >= 11 is 0. The molecule has 0 bridgehead atoms. The summed E-state index contributed by atoms with van der Waals surface area (Å²) in [5.74, 6) is 0.152. The van der Waals surface area contributed by atoms with E-state index in [0.717, 1.165) is 50.2 Å². The van der Waals surface area contributed by atoms with E-state index in [9.17, 15) is 4.79 Å². The first-order valence-electron chi connectivity index (χ1n) is 10.0. The van der Waals surface area contributed by atoms with Crippen LogP contribution in [-0.2, 0) is 4.74 Å². The van der Waals surface area contributed by atoms with E-state index >= 15 is 0 Å². The van der Waals surface area contributed by atoms with Gasteiger partial charge < -0.3 is 14.5 Å². The number of piperidine rings is 1. The van der Waals surface area contributed by atoms with Crippen molar-refractivity contribution in [2.45, 2.75) is 43.7 Å². The number of benzene rings is 1. The zero-order chi connectivity index (χ0) is 18.1. The molecule has 26 heavy (non-hydrogen) atoms. The summed E-state index contributed by atoms with van der Waals surface area (Å²) in [6, 6.07) is 8.51. The van der Waals surface area contributed by atoms with Gasteiger partial charge in [-0.15, -0.1) is 0 Å². The Morgan fingerprint density at radius 3 is 2.35 bits per heavy atom. The molecule has 0 radical (unpaired) electrons. The Bertz CT molecular complexity index is 629. The van der Waals surface area contributed by atoms with Gasteiger partial charge in [0.1, 0.15) is 0 Å². The minimum absolute atomic E-state index is 0.0127. The summed E-state index contributed by atoms with van der Waals surface area (Å²) in [4.78, 5) is 19.5. The average molecular weight is 357 g/mol. The lowest BCUT2D eigenvalue weighted by molar-refractivity contribution is -0.0393. The minimum Gasteiger partial charge on any atom is -0.378 e. The molecule has 1 amide bonds. The van der Waals surface area contributed by atoms with Crippen LogP contribution in [0.3, 0.4) is 0 Å². The molecule has 0 unspecified atom stereocenters. The van der Waals surface area contributed by atoms with Crippen molar-refractivity contribution in [1.29, 1.82) is 0 Å². The maximum atomic E-state index is 12.8. The molecule has 142 valence electrons. The number of ether oxygens (including phenoxy) is 1. The molecule has 0 saturated carbocycles. The Hall–Kier alpha value is -1.59. The number of hydrogen-bond acceptors (Lipinski definition) is 4. The Kier molecular flexibility index (Phi) is 4.93. The molecular weight excluding hydrogens is 326 g/mol. The fraction of sp³-hybridized carbons (Fsp3) is 0.667. The van der Waals surface area contributed by atoms with Gasteiger partial charge in [0.05, 0.1) is 12.2 Å². The first kappa shape index (κ1) is 17.8. The predicted octanol–water partition coefficient (Wildman–Crippen LogP) is 2.61. The van der Waals surface area contributed by atoms with Gasteiger partial charge >= 0.3 is 0 Å². The van der Waals surface area contributed by atoms with Crippen LogP contribution in [0.15, 0.2) is 24.3 Å². The number of anilines is 1. The monoisotopic (exact) mass is 357 g/mol. The van der Waals surface area contributed by atoms with Crippen LogP contribution in [0.1, 0.15) is 42.5 Å². The first-order chi connectivity index (χ1) is 12.6. The molecule has 3 aliphatic rings. The molecule has 1 aromatic carbocycles. The highest BCUT2D eigenvalue weighted by molar-refractivity contribution is 5.94. The molecule has 1 atom stereocenters. The van der Waals surface area contributed by atoms with E-state index in [-0.39, 0.29) is 11.5 Å². The normalized spacial score (nSPS) is 25.8. The molecule has 0 N–H and O–H groups in total. The van der Waals surface area contributed by atoms with E-state index in [1.165, 1.54) is 25.9 Å². The van der Waals surface area contributed by atoms with Crippen LogP contribution in [0, 0.1) is 0 Å². The number of nitrogens with zero attached hydrogens (tertiary/aromatic N) is 3. The lowest BCUT2D eigenvalue weighted by Gasteiger charge is -2.39. The van der Waals surface area contributed by atoms with Crippen molar-refractivity contribution < 1.29 is 9.53 Å². The van der Waals surface area contributed by atoms with Crippen molar-refractivity contribution in [3.63, 3.8) is 0 Å². The molecule has 3 fully saturated rings. The second-order valence-corrected chi connectivity index (χ2v) is 8.33. The third kappa shape index (κ3) is 3.47. The first-order valence-corrected chi connectivity index (χ1v) is 10.0. The highest BCUT2D eigenvalue weighted by atomic mass is 16.5. The lowest BCUT2D eigenvalue weighted by Crippen LogP contribution is -2.47. The van der Waals surface area contributed by atoms with Crippen molar-refractivity contribution in [2.75, 3.05) is 51.8 Å². The summed E-state index contributed by atoms with van der Waals surface area (Å²) < 4.78 is 6.30. The van der Waals surface area contributed by atoms with Crippen LogP contribution in [-0.4, -0.2) is 74.2 Å². The average Bonchev–Trinajstić information content (AvgIpc) is 3.32. The van der Waals surface area contributed by atoms with Crippen LogP contribution in [0.4, 0.5) is 5.69 Å². The molecule has 1 spiro atoms. The fourth-order valence-electron chi connectivity index (χ4n) is 4.71. The SMILES string of the molecule is CN(C)c1ccc(C(=O)N2CCC3(CC2)C[C@H](N2CCCC2)CO3)cc1. The Morgan fingerprint density at radius 1 is 1.08 bits per heavy atom. The smallest absolute Gasteiger partial charge is 0.253 e. The predicted molar refractivity (Wildman–Crippen MR) is 104 cm³/mol. The zero-order valence-corrected chi connectivity index (χ0v) is 16.1. The third-order valence-electron chi connectivity index (χ3n) is 6.44. The highest BCUT2D eigenvalue weighted by Gasteiger charge is 2.45. The lowest BCUT2D eigenvalue weighted by atomic mass is 9.87. The van der Waals surface area contributed by atoms with Crippen molar-refractivity contribution in [3.8, 4) is 0 Å². The summed E-state index contributed by atoms with van der Waals surface area (Å²) in [6.45, 7) is 4.96. The topological polar surface area (TPSA) is 36.0 Å². The molecule has 1 aromatic rings. The van der Waals surface area contributed by atoms with Crippen LogP contribution >= 0.6 is 0 Å². The fourth-order valence-corrected chi connectivity index (χ4v) is 4.71. The van der Waals surface area contributed by atoms with E-state index in [0.29, 0.717) is 6.04 Å². The van der Waals surface area contributed by atoms with E-state index < -0.39 is 0 Å². The quantitative estimate of drug-likeness (QED) is 0.833. The van der Waals surface area contributed by atoms with Gasteiger partial charge in [-0.05, 0) is 69.5 Å². The number of amides is 1. The van der Waals surface area contributed by atoms with Crippen molar-refractivity contribution in [3.05, 3.63) is 29.8 Å². The van der Waals surface area contributed by atoms with Gasteiger partial charge in [0.2, 0.25) is 0 Å². The van der Waals surface area contributed by atoms with Gasteiger partial charge in [-0.3, -0.25) is 9.69 Å². The molecule has 3 heterocycles. The van der Waals surface area contributed by atoms with Crippen LogP contribution < -0.4 is 4.90 Å². The maximum Gasteiger partial charge on any atom is 0.253 e. The molecule has 0 aromatic heterocycles. The maximum absolute atomic E-state index is 12.8. The van der Waals surface area contributed by atoms with Gasteiger partial charge in [0.15, 0.2) is 0 Å². The molecule has 3 saturated heterocycles. The minimum atomic E-state index is 0.0127. The molecular formula is C21H31N3O2. The number of carbonyl (C=O) groups is 1. The summed E-state index contributed by atoms with van der Waals surface area (Å²) in [7, 11) is 4.02. The van der Waals surface area contributed by atoms with Crippen LogP contribution in [0.25, 0.3) is 0 Å². The Morgan fingerprint density at radius 2 is 1.73 bits per heavy atom. The van der Waals surface area contributed by atoms with E-state index in [1.54, 1.807) is 0 Å². The van der Waals surface area contributed by atoms with E-state index in [2.05, 4.69) is 4.90 Å². The van der Waals surface area contributed by atoms with Crippen molar-refractivity contribution in [1.82, 2.24) is 9.80 Å². The van der Waals surface area contributed by atoms with E-state index in [1.807, 2.05) is 48.2 Å². The largest absolute Gasteiger partial charge is 0.378 e. The van der Waals surface area contributed by atoms with Crippen LogP contribution in [0.2, 0.25) is 0 Å². The van der Waals surface area contributed by atoms with Gasteiger partial charge in [0.25, 0.3) is 5.91 Å². The molecule has 3 aliphatic heterocycles. The second kappa shape index (κ2) is 7.20. The number of hydrogen-bond donors (Lipinski definition) is 0. The van der Waals surface area contributed by atoms with E-state index in [4.69, 9.17) is 4.74 Å². The standard InChI is InChI=1S/C21H31N3O2/c1-22(2)18-7-5-17(6-8-18)20(25)24-13-9-21(10-14-24)15-19(16-26-21)23-11-3-4-12-23/h5-8,19H,3-4,9-16H2,1-2H3/t19-/m0/s1. The summed E-state index contributed by atoms with van der Waals surface area (Å²) in [5.41, 5.74) is 1.92. The molecule has 5 nitrogen and oxygen atoms in total. The summed E-state index contributed by atoms with van der Waals surface area (Å²) in [6.07, 6.45) is 5.75. The van der Waals surface area contributed by atoms with Gasteiger partial charge in [0, 0.05) is 44.5 Å². The Balaban J connectivity index is 1.34. The second-order valence-electron chi connectivity index (χ2n) is 8.33. The molecule has 5 heteroatoms. The molecule has 0 aliphatic carbocycles. The highest BCUT2D eigenvalue weighted by Crippen LogP contribution is 2.38. The summed E-state index contributed by atoms with van der Waals surface area (Å²) in [5, 5.41) is 0. The number of carbonyl (C=O) groups excluding carboxylic acids is 1. The molecule has 4 rings (SSSR count). The zero-order valence-electron chi connectivity index (χ0n) is 16.1. The van der Waals surface area contributed by atoms with Gasteiger partial charge in [-0.2, -0.15) is 0 Å². The van der Waals surface area contributed by atoms with Gasteiger partial charge in [-0.25, -0.2) is 0 Å². The van der Waals surface area contributed by atoms with Gasteiger partial charge in [-0.1, -0.05) is 0 Å². The Labute approximate surface area is 156 Å².